The highest BCUT2D eigenvalue weighted by Crippen LogP contribution is 2.42. The van der Waals surface area contributed by atoms with Gasteiger partial charge in [0.25, 0.3) is 5.22 Å². The molecule has 1 heterocycles. The van der Waals surface area contributed by atoms with Crippen molar-refractivity contribution in [1.29, 1.82) is 0 Å². The summed E-state index contributed by atoms with van der Waals surface area (Å²) >= 11 is 1.68. The summed E-state index contributed by atoms with van der Waals surface area (Å²) in [6, 6.07) is 16.6. The van der Waals surface area contributed by atoms with Crippen LogP contribution in [0.3, 0.4) is 0 Å². The van der Waals surface area contributed by atoms with Crippen molar-refractivity contribution in [3.05, 3.63) is 71.1 Å². The van der Waals surface area contributed by atoms with Crippen molar-refractivity contribution in [3.63, 3.8) is 0 Å². The number of aryl methyl sites for hydroxylation is 1. The zero-order valence-corrected chi connectivity index (χ0v) is 15.0. The van der Waals surface area contributed by atoms with E-state index >= 15 is 0 Å². The van der Waals surface area contributed by atoms with E-state index in [0.717, 1.165) is 17.7 Å². The second-order valence-electron chi connectivity index (χ2n) is 6.18. The summed E-state index contributed by atoms with van der Waals surface area (Å²) in [7, 11) is 1.67. The van der Waals surface area contributed by atoms with Crippen LogP contribution in [0.25, 0.3) is 0 Å². The third kappa shape index (κ3) is 3.71. The highest BCUT2D eigenvalue weighted by atomic mass is 32.2. The predicted molar refractivity (Wildman–Crippen MR) is 98.1 cm³/mol. The lowest BCUT2D eigenvalue weighted by Gasteiger charge is -2.23. The summed E-state index contributed by atoms with van der Waals surface area (Å²) in [5.74, 6) is 1.50. The molecule has 0 amide bonds. The Bertz CT molecular complexity index is 845. The molecule has 1 aliphatic carbocycles. The second-order valence-corrected chi connectivity index (χ2v) is 7.34. The first kappa shape index (κ1) is 16.2. The lowest BCUT2D eigenvalue weighted by molar-refractivity contribution is 0.413. The predicted octanol–water partition coefficient (Wildman–Crippen LogP) is 4.84. The molecule has 0 radical (unpaired) electrons. The molecule has 2 aromatic carbocycles. The van der Waals surface area contributed by atoms with Crippen molar-refractivity contribution in [2.24, 2.45) is 0 Å². The summed E-state index contributed by atoms with van der Waals surface area (Å²) in [6.45, 7) is 0. The van der Waals surface area contributed by atoms with Gasteiger partial charge >= 0.3 is 0 Å². The van der Waals surface area contributed by atoms with Crippen molar-refractivity contribution in [2.75, 3.05) is 7.11 Å². The van der Waals surface area contributed by atoms with Crippen LogP contribution in [0, 0.1) is 0 Å². The molecule has 1 atom stereocenters. The van der Waals surface area contributed by atoms with Crippen molar-refractivity contribution >= 4 is 11.8 Å². The Morgan fingerprint density at radius 2 is 1.96 bits per heavy atom. The molecular weight excluding hydrogens is 332 g/mol. The third-order valence-electron chi connectivity index (χ3n) is 4.52. The molecule has 1 unspecified atom stereocenters. The number of rotatable bonds is 5. The zero-order valence-electron chi connectivity index (χ0n) is 14.1. The summed E-state index contributed by atoms with van der Waals surface area (Å²) < 4.78 is 11.1. The number of nitrogens with zero attached hydrogens (tertiary/aromatic N) is 2. The Kier molecular flexibility index (Phi) is 4.74. The van der Waals surface area contributed by atoms with Crippen LogP contribution >= 0.6 is 11.8 Å². The normalized spacial score (nSPS) is 16.4. The average molecular weight is 352 g/mol. The van der Waals surface area contributed by atoms with Crippen LogP contribution in [0.2, 0.25) is 0 Å². The van der Waals surface area contributed by atoms with E-state index in [1.807, 2.05) is 24.3 Å². The van der Waals surface area contributed by atoms with Gasteiger partial charge in [0.1, 0.15) is 5.75 Å². The fraction of sp³-hybridized carbons (Fsp3) is 0.300. The molecule has 0 fully saturated rings. The minimum atomic E-state index is 0.402. The van der Waals surface area contributed by atoms with Gasteiger partial charge in [-0.2, -0.15) is 0 Å². The zero-order chi connectivity index (χ0) is 17.1. The van der Waals surface area contributed by atoms with Gasteiger partial charge in [0.05, 0.1) is 13.5 Å². The third-order valence-corrected chi connectivity index (χ3v) is 5.66. The number of methoxy groups -OCH3 is 1. The maximum Gasteiger partial charge on any atom is 0.277 e. The molecule has 0 spiro atoms. The van der Waals surface area contributed by atoms with Crippen LogP contribution in [0.1, 0.15) is 40.7 Å². The van der Waals surface area contributed by atoms with Gasteiger partial charge in [-0.25, -0.2) is 0 Å². The van der Waals surface area contributed by atoms with Crippen molar-refractivity contribution in [3.8, 4) is 5.75 Å². The molecule has 128 valence electrons. The van der Waals surface area contributed by atoms with E-state index in [4.69, 9.17) is 9.15 Å². The molecule has 3 aromatic rings. The van der Waals surface area contributed by atoms with Crippen LogP contribution in [-0.2, 0) is 12.8 Å². The minimum absolute atomic E-state index is 0.402. The number of aromatic nitrogens is 2. The molecule has 1 aromatic heterocycles. The largest absolute Gasteiger partial charge is 0.497 e. The Labute approximate surface area is 151 Å². The summed E-state index contributed by atoms with van der Waals surface area (Å²) in [6.07, 6.45) is 4.16. The maximum atomic E-state index is 5.87. The summed E-state index contributed by atoms with van der Waals surface area (Å²) in [5, 5.41) is 9.50. The highest BCUT2D eigenvalue weighted by molar-refractivity contribution is 7.99. The van der Waals surface area contributed by atoms with Gasteiger partial charge in [-0.05, 0) is 48.1 Å². The van der Waals surface area contributed by atoms with E-state index in [0.29, 0.717) is 22.8 Å². The average Bonchev–Trinajstić information content (AvgIpc) is 3.09. The monoisotopic (exact) mass is 352 g/mol. The molecule has 0 aliphatic heterocycles. The Hall–Kier alpha value is -2.27. The van der Waals surface area contributed by atoms with Crippen LogP contribution in [0.4, 0.5) is 0 Å². The molecule has 25 heavy (non-hydrogen) atoms. The fourth-order valence-electron chi connectivity index (χ4n) is 3.23. The van der Waals surface area contributed by atoms with Gasteiger partial charge in [-0.15, -0.1) is 10.2 Å². The molecule has 0 bridgehead atoms. The van der Waals surface area contributed by atoms with E-state index < -0.39 is 0 Å². The number of thioether (sulfide) groups is 1. The van der Waals surface area contributed by atoms with Gasteiger partial charge in [0.2, 0.25) is 5.89 Å². The number of hydrogen-bond acceptors (Lipinski definition) is 5. The molecule has 0 saturated heterocycles. The van der Waals surface area contributed by atoms with E-state index in [1.165, 1.54) is 24.0 Å². The lowest BCUT2D eigenvalue weighted by atomic mass is 9.91. The van der Waals surface area contributed by atoms with Gasteiger partial charge in [0.15, 0.2) is 0 Å². The van der Waals surface area contributed by atoms with Crippen molar-refractivity contribution in [2.45, 2.75) is 36.2 Å². The van der Waals surface area contributed by atoms with E-state index in [-0.39, 0.29) is 0 Å². The first-order valence-corrected chi connectivity index (χ1v) is 9.39. The Morgan fingerprint density at radius 1 is 1.12 bits per heavy atom. The molecule has 4 nitrogen and oxygen atoms in total. The number of fused-ring (bicyclic) bond motifs is 1. The van der Waals surface area contributed by atoms with Gasteiger partial charge in [-0.1, -0.05) is 48.2 Å². The minimum Gasteiger partial charge on any atom is -0.497 e. The molecule has 0 N–H and O–H groups in total. The van der Waals surface area contributed by atoms with Gasteiger partial charge in [0, 0.05) is 5.25 Å². The SMILES string of the molecule is COc1ccc(Cc2nnc(SC3CCCc4ccccc43)o2)cc1. The standard InChI is InChI=1S/C20H20N2O2S/c1-23-16-11-9-14(10-12-16)13-19-21-22-20(24-19)25-18-8-4-6-15-5-2-3-7-17(15)18/h2-3,5,7,9-12,18H,4,6,8,13H2,1H3. The van der Waals surface area contributed by atoms with Gasteiger partial charge in [-0.3, -0.25) is 0 Å². The molecule has 0 saturated carbocycles. The van der Waals surface area contributed by atoms with Crippen LogP contribution in [-0.4, -0.2) is 17.3 Å². The van der Waals surface area contributed by atoms with Crippen molar-refractivity contribution < 1.29 is 9.15 Å². The first-order chi connectivity index (χ1) is 12.3. The Balaban J connectivity index is 1.45. The van der Waals surface area contributed by atoms with Crippen molar-refractivity contribution in [1.82, 2.24) is 10.2 Å². The highest BCUT2D eigenvalue weighted by Gasteiger charge is 2.23. The number of benzene rings is 2. The molecular formula is C20H20N2O2S. The molecule has 1 aliphatic rings. The lowest BCUT2D eigenvalue weighted by Crippen LogP contribution is -2.06. The molecule has 5 heteroatoms. The first-order valence-electron chi connectivity index (χ1n) is 8.51. The quantitative estimate of drug-likeness (QED) is 0.658. The summed E-state index contributed by atoms with van der Waals surface area (Å²) in [4.78, 5) is 0. The summed E-state index contributed by atoms with van der Waals surface area (Å²) in [5.41, 5.74) is 3.99. The number of ether oxygens (including phenoxy) is 1. The Morgan fingerprint density at radius 3 is 2.80 bits per heavy atom. The van der Waals surface area contributed by atoms with Crippen LogP contribution in [0.5, 0.6) is 5.75 Å². The number of hydrogen-bond donors (Lipinski definition) is 0. The van der Waals surface area contributed by atoms with E-state index in [2.05, 4.69) is 34.5 Å². The second kappa shape index (κ2) is 7.31. The molecule has 4 rings (SSSR count). The van der Waals surface area contributed by atoms with E-state index in [1.54, 1.807) is 18.9 Å². The smallest absolute Gasteiger partial charge is 0.277 e. The topological polar surface area (TPSA) is 48.2 Å². The van der Waals surface area contributed by atoms with E-state index in [9.17, 15) is 0 Å². The van der Waals surface area contributed by atoms with Crippen LogP contribution < -0.4 is 4.74 Å². The fourth-order valence-corrected chi connectivity index (χ4v) is 4.35. The van der Waals surface area contributed by atoms with Gasteiger partial charge < -0.3 is 9.15 Å². The van der Waals surface area contributed by atoms with Crippen LogP contribution in [0.15, 0.2) is 58.2 Å². The maximum absolute atomic E-state index is 5.87.